The predicted octanol–water partition coefficient (Wildman–Crippen LogP) is -0.00600. The lowest BCUT2D eigenvalue weighted by Gasteiger charge is -2.13. The Morgan fingerprint density at radius 1 is 1.77 bits per heavy atom. The molecule has 13 heavy (non-hydrogen) atoms. The lowest BCUT2D eigenvalue weighted by Crippen LogP contribution is -2.22. The second-order valence-electron chi connectivity index (χ2n) is 2.79. The molecule has 0 aliphatic carbocycles. The van der Waals surface area contributed by atoms with Crippen LogP contribution in [0.25, 0.3) is 0 Å². The van der Waals surface area contributed by atoms with Crippen molar-refractivity contribution in [2.75, 3.05) is 25.1 Å². The average Bonchev–Trinajstić information content (AvgIpc) is 2.45. The number of nitrogens with one attached hydrogen (secondary N) is 1. The average molecular weight is 181 g/mol. The molecule has 5 heteroatoms. The first-order chi connectivity index (χ1) is 6.20. The Kier molecular flexibility index (Phi) is 2.92. The van der Waals surface area contributed by atoms with Crippen LogP contribution in [0.15, 0.2) is 18.9 Å². The van der Waals surface area contributed by atoms with Crippen molar-refractivity contribution in [3.05, 3.63) is 18.9 Å². The quantitative estimate of drug-likeness (QED) is 0.571. The van der Waals surface area contributed by atoms with Gasteiger partial charge in [-0.05, 0) is 7.05 Å². The lowest BCUT2D eigenvalue weighted by molar-refractivity contribution is 0.521. The van der Waals surface area contributed by atoms with Gasteiger partial charge >= 0.3 is 0 Å². The van der Waals surface area contributed by atoms with Crippen molar-refractivity contribution in [2.45, 2.75) is 6.04 Å². The first kappa shape index (κ1) is 9.60. The van der Waals surface area contributed by atoms with E-state index in [1.165, 1.54) is 0 Å². The van der Waals surface area contributed by atoms with E-state index in [4.69, 9.17) is 11.5 Å². The van der Waals surface area contributed by atoms with Crippen LogP contribution in [0.2, 0.25) is 0 Å². The first-order valence-electron chi connectivity index (χ1n) is 4.06. The second kappa shape index (κ2) is 3.95. The van der Waals surface area contributed by atoms with Crippen molar-refractivity contribution in [1.29, 1.82) is 0 Å². The Morgan fingerprint density at radius 2 is 2.46 bits per heavy atom. The fraction of sp³-hybridized carbons (Fsp3) is 0.375. The number of nitrogens with two attached hydrogens (primary N) is 2. The molecule has 0 saturated heterocycles. The summed E-state index contributed by atoms with van der Waals surface area (Å²) in [6, 6.07) is 0.0438. The summed E-state index contributed by atoms with van der Waals surface area (Å²) in [4.78, 5) is 0. The third-order valence-electron chi connectivity index (χ3n) is 1.86. The Hall–Kier alpha value is -1.49. The highest BCUT2D eigenvalue weighted by molar-refractivity contribution is 5.57. The molecule has 72 valence electrons. The topological polar surface area (TPSA) is 81.9 Å². The van der Waals surface area contributed by atoms with E-state index in [2.05, 4.69) is 17.0 Å². The van der Waals surface area contributed by atoms with Crippen LogP contribution in [-0.2, 0) is 0 Å². The molecule has 1 heterocycles. The molecule has 0 aliphatic rings. The zero-order valence-electron chi connectivity index (χ0n) is 7.70. The molecular formula is C8H15N5. The molecular weight excluding hydrogens is 166 g/mol. The number of hydrogen-bond donors (Lipinski definition) is 3. The summed E-state index contributed by atoms with van der Waals surface area (Å²) in [6.07, 6.45) is 3.32. The van der Waals surface area contributed by atoms with Gasteiger partial charge in [-0.3, -0.25) is 0 Å². The van der Waals surface area contributed by atoms with Gasteiger partial charge in [-0.25, -0.2) is 4.68 Å². The van der Waals surface area contributed by atoms with Crippen LogP contribution in [-0.4, -0.2) is 23.4 Å². The summed E-state index contributed by atoms with van der Waals surface area (Å²) in [5, 5.41) is 7.09. The molecule has 1 unspecified atom stereocenters. The van der Waals surface area contributed by atoms with Crippen molar-refractivity contribution in [3.63, 3.8) is 0 Å². The minimum atomic E-state index is 0.0438. The smallest absolute Gasteiger partial charge is 0.145 e. The maximum Gasteiger partial charge on any atom is 0.145 e. The van der Waals surface area contributed by atoms with Gasteiger partial charge in [0.15, 0.2) is 0 Å². The van der Waals surface area contributed by atoms with Crippen molar-refractivity contribution >= 4 is 11.5 Å². The summed E-state index contributed by atoms with van der Waals surface area (Å²) in [6.45, 7) is 4.44. The lowest BCUT2D eigenvalue weighted by atomic mass is 10.3. The number of hydrogen-bond acceptors (Lipinski definition) is 4. The van der Waals surface area contributed by atoms with Crippen LogP contribution in [0, 0.1) is 0 Å². The largest absolute Gasteiger partial charge is 0.394 e. The zero-order chi connectivity index (χ0) is 9.84. The number of likely N-dealkylation sites (N-methyl/N-ethyl adjacent to an activating group) is 1. The van der Waals surface area contributed by atoms with Crippen LogP contribution in [0.1, 0.15) is 6.04 Å². The molecule has 0 spiro atoms. The predicted molar refractivity (Wildman–Crippen MR) is 54.2 cm³/mol. The van der Waals surface area contributed by atoms with Crippen LogP contribution in [0.4, 0.5) is 11.5 Å². The Bertz CT molecular complexity index is 291. The van der Waals surface area contributed by atoms with Gasteiger partial charge in [0.2, 0.25) is 0 Å². The first-order valence-corrected chi connectivity index (χ1v) is 4.06. The van der Waals surface area contributed by atoms with Crippen LogP contribution in [0.3, 0.4) is 0 Å². The van der Waals surface area contributed by atoms with Crippen LogP contribution >= 0.6 is 0 Å². The van der Waals surface area contributed by atoms with E-state index in [0.717, 1.165) is 6.54 Å². The van der Waals surface area contributed by atoms with Gasteiger partial charge in [-0.2, -0.15) is 5.10 Å². The van der Waals surface area contributed by atoms with Gasteiger partial charge in [-0.15, -0.1) is 6.58 Å². The molecule has 0 saturated carbocycles. The Balaban J connectivity index is 2.90. The number of aromatic nitrogens is 2. The van der Waals surface area contributed by atoms with Crippen LogP contribution < -0.4 is 16.8 Å². The SMILES string of the molecule is C=CC(CNC)n1ncc(N)c1N. The van der Waals surface area contributed by atoms with Gasteiger partial charge in [0.1, 0.15) is 5.82 Å². The molecule has 0 radical (unpaired) electrons. The zero-order valence-corrected chi connectivity index (χ0v) is 7.70. The van der Waals surface area contributed by atoms with Crippen molar-refractivity contribution < 1.29 is 0 Å². The summed E-state index contributed by atoms with van der Waals surface area (Å²) < 4.78 is 1.65. The monoisotopic (exact) mass is 181 g/mol. The molecule has 5 nitrogen and oxygen atoms in total. The van der Waals surface area contributed by atoms with Gasteiger partial charge in [0.05, 0.1) is 17.9 Å². The maximum atomic E-state index is 5.71. The molecule has 0 aliphatic heterocycles. The molecule has 1 aromatic heterocycles. The van der Waals surface area contributed by atoms with E-state index in [0.29, 0.717) is 11.5 Å². The van der Waals surface area contributed by atoms with Gasteiger partial charge < -0.3 is 16.8 Å². The summed E-state index contributed by atoms with van der Waals surface area (Å²) in [7, 11) is 1.86. The molecule has 0 fully saturated rings. The standard InChI is InChI=1S/C8H15N5/c1-3-6(4-11-2)13-8(10)7(9)5-12-13/h3,5-6,11H,1,4,9-10H2,2H3. The molecule has 0 aromatic carbocycles. The van der Waals surface area contributed by atoms with Crippen molar-refractivity contribution in [1.82, 2.24) is 15.1 Å². The van der Waals surface area contributed by atoms with E-state index in [1.54, 1.807) is 17.0 Å². The molecule has 0 amide bonds. The third-order valence-corrected chi connectivity index (χ3v) is 1.86. The molecule has 1 atom stereocenters. The Labute approximate surface area is 77.4 Å². The maximum absolute atomic E-state index is 5.71. The van der Waals surface area contributed by atoms with E-state index < -0.39 is 0 Å². The van der Waals surface area contributed by atoms with Crippen molar-refractivity contribution in [2.24, 2.45) is 0 Å². The minimum absolute atomic E-state index is 0.0438. The van der Waals surface area contributed by atoms with E-state index in [9.17, 15) is 0 Å². The van der Waals surface area contributed by atoms with E-state index in [-0.39, 0.29) is 6.04 Å². The number of nitrogens with zero attached hydrogens (tertiary/aromatic N) is 2. The highest BCUT2D eigenvalue weighted by Gasteiger charge is 2.11. The van der Waals surface area contributed by atoms with Gasteiger partial charge in [-0.1, -0.05) is 6.08 Å². The molecule has 0 bridgehead atoms. The van der Waals surface area contributed by atoms with Gasteiger partial charge in [0.25, 0.3) is 0 Å². The van der Waals surface area contributed by atoms with Gasteiger partial charge in [0, 0.05) is 6.54 Å². The number of rotatable bonds is 4. The van der Waals surface area contributed by atoms with E-state index in [1.807, 2.05) is 7.05 Å². The van der Waals surface area contributed by atoms with E-state index >= 15 is 0 Å². The number of nitrogen functional groups attached to an aromatic ring is 2. The highest BCUT2D eigenvalue weighted by atomic mass is 15.3. The minimum Gasteiger partial charge on any atom is -0.394 e. The number of anilines is 2. The molecule has 5 N–H and O–H groups in total. The second-order valence-corrected chi connectivity index (χ2v) is 2.79. The highest BCUT2D eigenvalue weighted by Crippen LogP contribution is 2.18. The molecule has 1 aromatic rings. The fourth-order valence-electron chi connectivity index (χ4n) is 1.13. The van der Waals surface area contributed by atoms with Crippen molar-refractivity contribution in [3.8, 4) is 0 Å². The normalized spacial score (nSPS) is 12.7. The summed E-state index contributed by atoms with van der Waals surface area (Å²) in [5.41, 5.74) is 11.8. The summed E-state index contributed by atoms with van der Waals surface area (Å²) in [5.74, 6) is 0.486. The third kappa shape index (κ3) is 1.81. The van der Waals surface area contributed by atoms with Crippen LogP contribution in [0.5, 0.6) is 0 Å². The summed E-state index contributed by atoms with van der Waals surface area (Å²) >= 11 is 0. The molecule has 1 rings (SSSR count). The fourth-order valence-corrected chi connectivity index (χ4v) is 1.13. The Morgan fingerprint density at radius 3 is 2.85 bits per heavy atom.